The minimum absolute atomic E-state index is 0.0222. The number of hydrogen-bond acceptors (Lipinski definition) is 4. The van der Waals surface area contributed by atoms with Gasteiger partial charge in [0.25, 0.3) is 0 Å². The monoisotopic (exact) mass is 581 g/mol. The van der Waals surface area contributed by atoms with Crippen molar-refractivity contribution in [3.05, 3.63) is 102 Å². The number of carbonyl (C=O) groups excluding carboxylic acids is 2. The van der Waals surface area contributed by atoms with E-state index in [2.05, 4.69) is 47.5 Å². The highest BCUT2D eigenvalue weighted by atomic mass is 16.5. The number of nitrogens with one attached hydrogen (secondary N) is 1. The van der Waals surface area contributed by atoms with Gasteiger partial charge < -0.3 is 19.9 Å². The Balaban J connectivity index is 1.09. The molecule has 1 spiro atoms. The molecule has 43 heavy (non-hydrogen) atoms. The summed E-state index contributed by atoms with van der Waals surface area (Å²) in [5.41, 5.74) is 2.83. The quantitative estimate of drug-likeness (QED) is 0.231. The first kappa shape index (κ1) is 30.8. The van der Waals surface area contributed by atoms with Crippen molar-refractivity contribution in [3.63, 3.8) is 0 Å². The number of piperazine rings is 1. The second-order valence-corrected chi connectivity index (χ2v) is 12.2. The summed E-state index contributed by atoms with van der Waals surface area (Å²) >= 11 is 0. The summed E-state index contributed by atoms with van der Waals surface area (Å²) in [5.74, 6) is 0.865. The van der Waals surface area contributed by atoms with Crippen LogP contribution in [-0.4, -0.2) is 59.4 Å². The number of hydrogen-bond donors (Lipinski definition) is 1. The molecule has 0 radical (unpaired) electrons. The smallest absolute Gasteiger partial charge is 0.246 e. The second kappa shape index (κ2) is 15.2. The fraction of sp³-hybridized carbons (Fsp3) is 0.459. The molecule has 3 aromatic rings. The van der Waals surface area contributed by atoms with Gasteiger partial charge in [-0.3, -0.25) is 9.59 Å². The van der Waals surface area contributed by atoms with Crippen LogP contribution in [0.25, 0.3) is 0 Å². The van der Waals surface area contributed by atoms with Gasteiger partial charge in [0.2, 0.25) is 11.8 Å². The molecule has 6 nitrogen and oxygen atoms in total. The zero-order chi connectivity index (χ0) is 29.9. The molecule has 2 aliphatic rings. The van der Waals surface area contributed by atoms with Crippen LogP contribution in [0.1, 0.15) is 68.6 Å². The van der Waals surface area contributed by atoms with Crippen molar-refractivity contribution in [2.24, 2.45) is 0 Å². The number of likely N-dealkylation sites (tertiary alicyclic amines) is 1. The van der Waals surface area contributed by atoms with E-state index in [-0.39, 0.29) is 11.8 Å². The largest absolute Gasteiger partial charge is 0.489 e. The fourth-order valence-corrected chi connectivity index (χ4v) is 6.57. The van der Waals surface area contributed by atoms with E-state index < -0.39 is 11.6 Å². The Hall–Kier alpha value is -3.64. The third kappa shape index (κ3) is 8.05. The van der Waals surface area contributed by atoms with Crippen molar-refractivity contribution < 1.29 is 14.3 Å². The van der Waals surface area contributed by atoms with Gasteiger partial charge in [0, 0.05) is 26.1 Å². The number of nitrogens with zero attached hydrogens (tertiary/aromatic N) is 2. The normalized spacial score (nSPS) is 18.5. The average Bonchev–Trinajstić information content (AvgIpc) is 3.05. The summed E-state index contributed by atoms with van der Waals surface area (Å²) in [4.78, 5) is 31.9. The van der Waals surface area contributed by atoms with Crippen molar-refractivity contribution in [3.8, 4) is 5.75 Å². The molecule has 2 heterocycles. The van der Waals surface area contributed by atoms with Crippen LogP contribution in [-0.2, 0) is 29.0 Å². The second-order valence-electron chi connectivity index (χ2n) is 12.2. The molecule has 1 N–H and O–H groups in total. The van der Waals surface area contributed by atoms with Crippen LogP contribution in [0.5, 0.6) is 5.75 Å². The number of rotatable bonds is 14. The van der Waals surface area contributed by atoms with E-state index in [9.17, 15) is 9.59 Å². The van der Waals surface area contributed by atoms with E-state index in [1.807, 2.05) is 59.5 Å². The number of amides is 2. The summed E-state index contributed by atoms with van der Waals surface area (Å²) in [6, 6.07) is 28.1. The third-order valence-electron chi connectivity index (χ3n) is 9.08. The first-order valence-electron chi connectivity index (χ1n) is 16.2. The standard InChI is InChI=1S/C37H47N3O3/c1-2-24-40-35(41)34(28-31-18-20-33(21-19-31)43-29-32-16-10-6-11-17-32)38-36(42)37(40)22-26-39(27-23-37)25-12-4-3-7-13-30-14-8-5-9-15-30/h5-6,8-11,14-21,34H,2-4,7,12-13,22-29H2,1H3,(H,38,42)/t34-/m0/s1. The lowest BCUT2D eigenvalue weighted by atomic mass is 9.81. The number of aryl methyl sites for hydroxylation is 1. The number of carbonyl (C=O) groups is 2. The van der Waals surface area contributed by atoms with Crippen molar-refractivity contribution in [1.29, 1.82) is 0 Å². The lowest BCUT2D eigenvalue weighted by molar-refractivity contribution is -0.161. The molecule has 0 aliphatic carbocycles. The molecule has 3 aromatic carbocycles. The summed E-state index contributed by atoms with van der Waals surface area (Å²) in [6.45, 7) is 6.01. The van der Waals surface area contributed by atoms with Crippen molar-refractivity contribution in [2.45, 2.75) is 82.9 Å². The van der Waals surface area contributed by atoms with Gasteiger partial charge in [-0.05, 0) is 73.9 Å². The third-order valence-corrected chi connectivity index (χ3v) is 9.08. The minimum atomic E-state index is -0.717. The molecule has 0 saturated carbocycles. The van der Waals surface area contributed by atoms with Crippen LogP contribution in [0.3, 0.4) is 0 Å². The maximum Gasteiger partial charge on any atom is 0.246 e. The Kier molecular flexibility index (Phi) is 10.9. The molecule has 6 heteroatoms. The Bertz CT molecular complexity index is 1290. The SMILES string of the molecule is CCCN1C(=O)[C@H](Cc2ccc(OCc3ccccc3)cc2)NC(=O)C12CCN(CCCCCCc1ccccc1)CC2. The van der Waals surface area contributed by atoms with E-state index in [0.29, 0.717) is 32.4 Å². The number of piperidine rings is 1. The van der Waals surface area contributed by atoms with Gasteiger partial charge in [-0.25, -0.2) is 0 Å². The van der Waals surface area contributed by atoms with E-state index >= 15 is 0 Å². The van der Waals surface area contributed by atoms with Crippen LogP contribution in [0.2, 0.25) is 0 Å². The fourth-order valence-electron chi connectivity index (χ4n) is 6.57. The Labute approximate surface area is 257 Å². The van der Waals surface area contributed by atoms with Crippen LogP contribution < -0.4 is 10.1 Å². The number of unbranched alkanes of at least 4 members (excludes halogenated alkanes) is 3. The lowest BCUT2D eigenvalue weighted by Gasteiger charge is -2.51. The van der Waals surface area contributed by atoms with Crippen LogP contribution >= 0.6 is 0 Å². The van der Waals surface area contributed by atoms with Gasteiger partial charge in [-0.1, -0.05) is 92.6 Å². The highest BCUT2D eigenvalue weighted by molar-refractivity contribution is 6.00. The summed E-state index contributed by atoms with van der Waals surface area (Å²) in [7, 11) is 0. The molecule has 2 amide bonds. The summed E-state index contributed by atoms with van der Waals surface area (Å²) < 4.78 is 5.92. The molecular formula is C37H47N3O3. The van der Waals surface area contributed by atoms with Crippen molar-refractivity contribution >= 4 is 11.8 Å². The Morgan fingerprint density at radius 2 is 1.42 bits per heavy atom. The minimum Gasteiger partial charge on any atom is -0.489 e. The number of benzene rings is 3. The van der Waals surface area contributed by atoms with Crippen molar-refractivity contribution in [2.75, 3.05) is 26.2 Å². The van der Waals surface area contributed by atoms with Crippen LogP contribution in [0.15, 0.2) is 84.9 Å². The summed E-state index contributed by atoms with van der Waals surface area (Å²) in [6.07, 6.45) is 8.79. The van der Waals surface area contributed by atoms with Crippen molar-refractivity contribution in [1.82, 2.24) is 15.1 Å². The average molecular weight is 582 g/mol. The predicted octanol–water partition coefficient (Wildman–Crippen LogP) is 6.18. The predicted molar refractivity (Wildman–Crippen MR) is 172 cm³/mol. The molecule has 1 atom stereocenters. The van der Waals surface area contributed by atoms with Gasteiger partial charge >= 0.3 is 0 Å². The first-order chi connectivity index (χ1) is 21.1. The molecular weight excluding hydrogens is 534 g/mol. The zero-order valence-corrected chi connectivity index (χ0v) is 25.7. The highest BCUT2D eigenvalue weighted by Gasteiger charge is 2.53. The molecule has 2 fully saturated rings. The molecule has 0 aromatic heterocycles. The molecule has 2 saturated heterocycles. The molecule has 0 unspecified atom stereocenters. The topological polar surface area (TPSA) is 61.9 Å². The maximum absolute atomic E-state index is 13.8. The van der Waals surface area contributed by atoms with E-state index in [1.54, 1.807) is 0 Å². The van der Waals surface area contributed by atoms with E-state index in [4.69, 9.17) is 4.74 Å². The zero-order valence-electron chi connectivity index (χ0n) is 25.7. The molecule has 0 bridgehead atoms. The highest BCUT2D eigenvalue weighted by Crippen LogP contribution is 2.34. The summed E-state index contributed by atoms with van der Waals surface area (Å²) in [5, 5.41) is 3.14. The first-order valence-corrected chi connectivity index (χ1v) is 16.2. The molecule has 228 valence electrons. The maximum atomic E-state index is 13.8. The van der Waals surface area contributed by atoms with Crippen LogP contribution in [0.4, 0.5) is 0 Å². The van der Waals surface area contributed by atoms with Gasteiger partial charge in [-0.15, -0.1) is 0 Å². The molecule has 2 aliphatic heterocycles. The van der Waals surface area contributed by atoms with Gasteiger partial charge in [0.05, 0.1) is 0 Å². The lowest BCUT2D eigenvalue weighted by Crippen LogP contribution is -2.73. The Morgan fingerprint density at radius 3 is 2.09 bits per heavy atom. The van der Waals surface area contributed by atoms with Gasteiger partial charge in [0.1, 0.15) is 23.9 Å². The van der Waals surface area contributed by atoms with Gasteiger partial charge in [-0.2, -0.15) is 0 Å². The van der Waals surface area contributed by atoms with E-state index in [0.717, 1.165) is 49.4 Å². The molecule has 5 rings (SSSR count). The van der Waals surface area contributed by atoms with Crippen LogP contribution in [0, 0.1) is 0 Å². The Morgan fingerprint density at radius 1 is 0.767 bits per heavy atom. The van der Waals surface area contributed by atoms with Gasteiger partial charge in [0.15, 0.2) is 0 Å². The number of ether oxygens (including phenoxy) is 1. The van der Waals surface area contributed by atoms with E-state index in [1.165, 1.54) is 31.2 Å².